The first-order valence-electron chi connectivity index (χ1n) is 12.7. The highest BCUT2D eigenvalue weighted by Gasteiger charge is 2.29. The molecule has 2 N–H and O–H groups in total. The Hall–Kier alpha value is -1.18. The molecule has 1 aromatic rings. The summed E-state index contributed by atoms with van der Waals surface area (Å²) in [6.07, 6.45) is 17.6. The Morgan fingerprint density at radius 2 is 1.03 bits per heavy atom. The van der Waals surface area contributed by atoms with E-state index in [9.17, 15) is 10.2 Å². The number of aromatic hydroxyl groups is 2. The quantitative estimate of drug-likeness (QED) is 0.207. The van der Waals surface area contributed by atoms with Gasteiger partial charge in [-0.15, -0.1) is 0 Å². The zero-order chi connectivity index (χ0) is 22.6. The van der Waals surface area contributed by atoms with Crippen molar-refractivity contribution < 1.29 is 10.2 Å². The summed E-state index contributed by atoms with van der Waals surface area (Å²) in [5, 5.41) is 21.1. The number of phenols is 2. The van der Waals surface area contributed by atoms with E-state index < -0.39 is 0 Å². The van der Waals surface area contributed by atoms with E-state index >= 15 is 0 Å². The highest BCUT2D eigenvalue weighted by molar-refractivity contribution is 5.52. The predicted octanol–water partition coefficient (Wildman–Crippen LogP) is 9.15. The molecule has 0 spiro atoms. The van der Waals surface area contributed by atoms with Gasteiger partial charge in [0.2, 0.25) is 0 Å². The van der Waals surface area contributed by atoms with Gasteiger partial charge >= 0.3 is 0 Å². The number of unbranched alkanes of at least 4 members (excludes halogenated alkanes) is 10. The maximum absolute atomic E-state index is 10.6. The van der Waals surface area contributed by atoms with E-state index in [4.69, 9.17) is 0 Å². The van der Waals surface area contributed by atoms with Crippen LogP contribution in [0.4, 0.5) is 0 Å². The maximum Gasteiger partial charge on any atom is 0.161 e. The Balaban J connectivity index is 2.79. The van der Waals surface area contributed by atoms with E-state index in [-0.39, 0.29) is 22.3 Å². The minimum atomic E-state index is -0.140. The fourth-order valence-corrected chi connectivity index (χ4v) is 4.50. The predicted molar refractivity (Wildman–Crippen MR) is 132 cm³/mol. The Morgan fingerprint density at radius 3 is 1.53 bits per heavy atom. The van der Waals surface area contributed by atoms with E-state index in [1.165, 1.54) is 77.0 Å². The highest BCUT2D eigenvalue weighted by Crippen LogP contribution is 2.44. The zero-order valence-corrected chi connectivity index (χ0v) is 20.9. The lowest BCUT2D eigenvalue weighted by Crippen LogP contribution is -2.21. The molecule has 0 aromatic heterocycles. The van der Waals surface area contributed by atoms with Crippen molar-refractivity contribution in [2.75, 3.05) is 0 Å². The minimum Gasteiger partial charge on any atom is -0.504 e. The molecular formula is C28H50O2. The lowest BCUT2D eigenvalue weighted by molar-refractivity contribution is 0.368. The van der Waals surface area contributed by atoms with Gasteiger partial charge in [-0.1, -0.05) is 125 Å². The van der Waals surface area contributed by atoms with Gasteiger partial charge in [-0.3, -0.25) is 0 Å². The second-order valence-corrected chi connectivity index (χ2v) is 10.7. The van der Waals surface area contributed by atoms with E-state index in [0.717, 1.165) is 24.0 Å². The first-order valence-corrected chi connectivity index (χ1v) is 12.7. The summed E-state index contributed by atoms with van der Waals surface area (Å²) in [4.78, 5) is 0. The first kappa shape index (κ1) is 26.9. The number of hydrogen-bond donors (Lipinski definition) is 2. The molecule has 0 amide bonds. The largest absolute Gasteiger partial charge is 0.504 e. The van der Waals surface area contributed by atoms with Crippen LogP contribution in [0.25, 0.3) is 0 Å². The summed E-state index contributed by atoms with van der Waals surface area (Å²) in [6.45, 7) is 13.5. The number of rotatable bonds is 16. The van der Waals surface area contributed by atoms with Crippen molar-refractivity contribution in [3.05, 3.63) is 23.3 Å². The lowest BCUT2D eigenvalue weighted by atomic mass is 9.74. The van der Waals surface area contributed by atoms with Gasteiger partial charge in [-0.25, -0.2) is 0 Å². The molecule has 0 bridgehead atoms. The Bertz CT molecular complexity index is 601. The molecule has 0 fully saturated rings. The number of hydrogen-bond acceptors (Lipinski definition) is 2. The molecule has 2 heteroatoms. The monoisotopic (exact) mass is 418 g/mol. The standard InChI is InChI=1S/C28H50O2/c1-7-9-11-13-15-17-19-27(3,4)23-21-24(26(30)25(29)22-23)28(5,6)20-18-16-14-12-10-8-2/h21-22,29-30H,7-20H2,1-6H3. The van der Waals surface area contributed by atoms with Crippen LogP contribution in [0, 0.1) is 0 Å². The van der Waals surface area contributed by atoms with Gasteiger partial charge in [0.05, 0.1) is 0 Å². The van der Waals surface area contributed by atoms with Crippen LogP contribution >= 0.6 is 0 Å². The molecule has 0 aliphatic heterocycles. The van der Waals surface area contributed by atoms with E-state index in [1.807, 2.05) is 0 Å². The number of phenolic OH excluding ortho intramolecular Hbond substituents is 2. The van der Waals surface area contributed by atoms with Crippen LogP contribution in [0.5, 0.6) is 11.5 Å². The third kappa shape index (κ3) is 8.90. The molecule has 2 nitrogen and oxygen atoms in total. The summed E-state index contributed by atoms with van der Waals surface area (Å²) in [6, 6.07) is 3.96. The average molecular weight is 419 g/mol. The molecule has 0 atom stereocenters. The van der Waals surface area contributed by atoms with Crippen molar-refractivity contribution >= 4 is 0 Å². The first-order chi connectivity index (χ1) is 14.2. The molecule has 0 radical (unpaired) electrons. The summed E-state index contributed by atoms with van der Waals surface area (Å²) >= 11 is 0. The van der Waals surface area contributed by atoms with Crippen molar-refractivity contribution in [2.24, 2.45) is 0 Å². The van der Waals surface area contributed by atoms with Gasteiger partial charge in [-0.05, 0) is 35.3 Å². The summed E-state index contributed by atoms with van der Waals surface area (Å²) in [5.41, 5.74) is 1.92. The Labute approximate surface area is 187 Å². The molecule has 0 aliphatic carbocycles. The lowest BCUT2D eigenvalue weighted by Gasteiger charge is -2.31. The van der Waals surface area contributed by atoms with Gasteiger partial charge in [0.25, 0.3) is 0 Å². The molecule has 174 valence electrons. The third-order valence-electron chi connectivity index (χ3n) is 6.91. The van der Waals surface area contributed by atoms with E-state index in [0.29, 0.717) is 0 Å². The molecule has 0 unspecified atom stereocenters. The van der Waals surface area contributed by atoms with Crippen molar-refractivity contribution in [1.29, 1.82) is 0 Å². The zero-order valence-electron chi connectivity index (χ0n) is 20.9. The summed E-state index contributed by atoms with van der Waals surface area (Å²) < 4.78 is 0. The van der Waals surface area contributed by atoms with Gasteiger partial charge < -0.3 is 10.2 Å². The molecule has 0 saturated heterocycles. The Morgan fingerprint density at radius 1 is 0.600 bits per heavy atom. The van der Waals surface area contributed by atoms with Crippen LogP contribution in [0.15, 0.2) is 12.1 Å². The van der Waals surface area contributed by atoms with Crippen molar-refractivity contribution in [2.45, 2.75) is 142 Å². The van der Waals surface area contributed by atoms with Crippen molar-refractivity contribution in [3.63, 3.8) is 0 Å². The second kappa shape index (κ2) is 13.3. The van der Waals surface area contributed by atoms with Crippen LogP contribution in [-0.4, -0.2) is 10.2 Å². The smallest absolute Gasteiger partial charge is 0.161 e. The van der Waals surface area contributed by atoms with Crippen LogP contribution in [0.2, 0.25) is 0 Å². The fourth-order valence-electron chi connectivity index (χ4n) is 4.50. The van der Waals surface area contributed by atoms with Crippen LogP contribution in [0.3, 0.4) is 0 Å². The van der Waals surface area contributed by atoms with Gasteiger partial charge in [0.1, 0.15) is 0 Å². The maximum atomic E-state index is 10.6. The van der Waals surface area contributed by atoms with Gasteiger partial charge in [-0.2, -0.15) is 0 Å². The molecule has 0 saturated carbocycles. The fraction of sp³-hybridized carbons (Fsp3) is 0.786. The molecule has 0 aliphatic rings. The minimum absolute atomic E-state index is 0.000912. The van der Waals surface area contributed by atoms with Crippen molar-refractivity contribution in [1.82, 2.24) is 0 Å². The molecule has 0 heterocycles. The highest BCUT2D eigenvalue weighted by atomic mass is 16.3. The molecular weight excluding hydrogens is 368 g/mol. The second-order valence-electron chi connectivity index (χ2n) is 10.7. The summed E-state index contributed by atoms with van der Waals surface area (Å²) in [7, 11) is 0. The average Bonchev–Trinajstić information content (AvgIpc) is 2.69. The summed E-state index contributed by atoms with van der Waals surface area (Å²) in [5.74, 6) is 0.111. The van der Waals surface area contributed by atoms with Crippen LogP contribution in [-0.2, 0) is 10.8 Å². The van der Waals surface area contributed by atoms with Crippen molar-refractivity contribution in [3.8, 4) is 11.5 Å². The van der Waals surface area contributed by atoms with Crippen LogP contribution in [0.1, 0.15) is 143 Å². The van der Waals surface area contributed by atoms with E-state index in [2.05, 4.69) is 47.6 Å². The van der Waals surface area contributed by atoms with Crippen LogP contribution < -0.4 is 0 Å². The third-order valence-corrected chi connectivity index (χ3v) is 6.91. The Kier molecular flexibility index (Phi) is 11.9. The van der Waals surface area contributed by atoms with Gasteiger partial charge in [0.15, 0.2) is 11.5 Å². The molecule has 30 heavy (non-hydrogen) atoms. The molecule has 1 aromatic carbocycles. The van der Waals surface area contributed by atoms with Gasteiger partial charge in [0, 0.05) is 5.56 Å². The topological polar surface area (TPSA) is 40.5 Å². The normalized spacial score (nSPS) is 12.5. The number of benzene rings is 1. The molecule has 1 rings (SSSR count). The SMILES string of the molecule is CCCCCCCCC(C)(C)c1cc(O)c(O)c(C(C)(C)CCCCCCCC)c1. The van der Waals surface area contributed by atoms with E-state index in [1.54, 1.807) is 6.07 Å².